The van der Waals surface area contributed by atoms with Crippen LogP contribution >= 0.6 is 11.8 Å². The molecule has 0 aromatic rings. The van der Waals surface area contributed by atoms with Gasteiger partial charge in [-0.2, -0.15) is 11.8 Å². The molecule has 0 spiro atoms. The highest BCUT2D eigenvalue weighted by molar-refractivity contribution is 8.00. The summed E-state index contributed by atoms with van der Waals surface area (Å²) >= 11 is 2.20. The topological polar surface area (TPSA) is 61.7 Å². The molecule has 0 amide bonds. The van der Waals surface area contributed by atoms with Crippen LogP contribution in [0.3, 0.4) is 0 Å². The lowest BCUT2D eigenvalue weighted by Gasteiger charge is -2.60. The summed E-state index contributed by atoms with van der Waals surface area (Å²) < 4.78 is 0. The Morgan fingerprint density at radius 3 is 2.71 bits per heavy atom. The molecule has 5 heteroatoms. The molecule has 4 aliphatic carbocycles. The van der Waals surface area contributed by atoms with Crippen LogP contribution in [0.15, 0.2) is 5.16 Å². The van der Waals surface area contributed by atoms with Crippen molar-refractivity contribution in [2.75, 3.05) is 13.1 Å². The number of carbonyl (C=O) groups excluding carboxylic acids is 1. The zero-order valence-corrected chi connectivity index (χ0v) is 18.3. The number of hydrogen-bond donors (Lipinski definition) is 2. The summed E-state index contributed by atoms with van der Waals surface area (Å²) in [6, 6.07) is 0. The fraction of sp³-hybridized carbons (Fsp3) is 0.913. The Morgan fingerprint density at radius 1 is 1.11 bits per heavy atom. The minimum atomic E-state index is -0.104. The zero-order chi connectivity index (χ0) is 19.5. The number of thioether (sulfide) groups is 1. The van der Waals surface area contributed by atoms with Crippen LogP contribution in [0.4, 0.5) is 0 Å². The predicted molar refractivity (Wildman–Crippen MR) is 114 cm³/mol. The predicted octanol–water partition coefficient (Wildman–Crippen LogP) is 4.50. The number of rotatable bonds is 2. The second kappa shape index (κ2) is 7.01. The van der Waals surface area contributed by atoms with Gasteiger partial charge >= 0.3 is 0 Å². The number of Topliss-reactive ketones (excluding diaryl/α,β-unsaturated/α-hetero) is 1. The molecule has 0 aromatic carbocycles. The summed E-state index contributed by atoms with van der Waals surface area (Å²) in [6.07, 6.45) is 10.1. The average Bonchev–Trinajstić information content (AvgIpc) is 3.30. The summed E-state index contributed by atoms with van der Waals surface area (Å²) in [7, 11) is 0. The molecule has 28 heavy (non-hydrogen) atoms. The molecule has 5 aliphatic rings. The van der Waals surface area contributed by atoms with Gasteiger partial charge in [-0.05, 0) is 81.1 Å². The minimum absolute atomic E-state index is 0.104. The number of nitrogens with one attached hydrogen (secondary N) is 1. The van der Waals surface area contributed by atoms with Crippen molar-refractivity contribution in [3.05, 3.63) is 0 Å². The van der Waals surface area contributed by atoms with Crippen molar-refractivity contribution in [2.24, 2.45) is 39.7 Å². The van der Waals surface area contributed by atoms with Crippen molar-refractivity contribution in [3.63, 3.8) is 0 Å². The van der Waals surface area contributed by atoms with Crippen LogP contribution in [-0.2, 0) is 4.79 Å². The van der Waals surface area contributed by atoms with E-state index in [1.54, 1.807) is 0 Å². The molecule has 2 N–H and O–H groups in total. The maximum atomic E-state index is 12.6. The monoisotopic (exact) mass is 404 g/mol. The molecule has 4 nitrogen and oxygen atoms in total. The van der Waals surface area contributed by atoms with E-state index in [-0.39, 0.29) is 10.8 Å². The van der Waals surface area contributed by atoms with Crippen molar-refractivity contribution in [1.82, 2.24) is 5.32 Å². The van der Waals surface area contributed by atoms with Gasteiger partial charge in [-0.15, -0.1) is 0 Å². The Balaban J connectivity index is 1.39. The first-order chi connectivity index (χ1) is 13.5. The summed E-state index contributed by atoms with van der Waals surface area (Å²) in [5.74, 6) is 2.67. The number of fused-ring (bicyclic) bond motifs is 5. The zero-order valence-electron chi connectivity index (χ0n) is 17.5. The van der Waals surface area contributed by atoms with Gasteiger partial charge < -0.3 is 10.5 Å². The number of carbonyl (C=O) groups is 1. The van der Waals surface area contributed by atoms with E-state index in [0.29, 0.717) is 34.7 Å². The van der Waals surface area contributed by atoms with Crippen LogP contribution in [0.2, 0.25) is 0 Å². The molecular weight excluding hydrogens is 368 g/mol. The smallest absolute Gasteiger partial charge is 0.139 e. The largest absolute Gasteiger partial charge is 0.411 e. The van der Waals surface area contributed by atoms with Gasteiger partial charge in [-0.3, -0.25) is 4.79 Å². The Hall–Kier alpha value is -0.550. The lowest BCUT2D eigenvalue weighted by Crippen LogP contribution is -2.57. The van der Waals surface area contributed by atoms with Gasteiger partial charge in [0.1, 0.15) is 5.78 Å². The third-order valence-electron chi connectivity index (χ3n) is 9.67. The van der Waals surface area contributed by atoms with Gasteiger partial charge in [-0.25, -0.2) is 0 Å². The van der Waals surface area contributed by atoms with Gasteiger partial charge in [0, 0.05) is 34.8 Å². The van der Waals surface area contributed by atoms with Crippen LogP contribution in [0.25, 0.3) is 0 Å². The number of hydrogen-bond acceptors (Lipinski definition) is 5. The lowest BCUT2D eigenvalue weighted by atomic mass is 9.45. The summed E-state index contributed by atoms with van der Waals surface area (Å²) in [5.41, 5.74) is 1.21. The van der Waals surface area contributed by atoms with Crippen molar-refractivity contribution in [1.29, 1.82) is 0 Å². The van der Waals surface area contributed by atoms with E-state index in [2.05, 4.69) is 36.1 Å². The molecule has 2 unspecified atom stereocenters. The highest BCUT2D eigenvalue weighted by Crippen LogP contribution is 2.65. The van der Waals surface area contributed by atoms with Crippen molar-refractivity contribution in [3.8, 4) is 0 Å². The second-order valence-corrected chi connectivity index (χ2v) is 12.4. The molecule has 5 rings (SSSR count). The molecule has 1 heterocycles. The highest BCUT2D eigenvalue weighted by atomic mass is 32.2. The van der Waals surface area contributed by atoms with Crippen LogP contribution in [-0.4, -0.2) is 40.3 Å². The molecule has 5 fully saturated rings. The van der Waals surface area contributed by atoms with E-state index >= 15 is 0 Å². The van der Waals surface area contributed by atoms with Crippen LogP contribution < -0.4 is 5.32 Å². The fourth-order valence-corrected chi connectivity index (χ4v) is 9.62. The van der Waals surface area contributed by atoms with Crippen LogP contribution in [0.1, 0.15) is 71.6 Å². The molecular formula is C23H36N2O2S. The van der Waals surface area contributed by atoms with Crippen molar-refractivity contribution < 1.29 is 10.0 Å². The second-order valence-electron chi connectivity index (χ2n) is 10.8. The SMILES string of the molecule is C[C@]12CC[C@@H](SC3CCNC3)CC1/C(=N\O)C[C@@H]1[C@@H]2CC[C@]2(C)C(=O)CC[C@@H]12. The van der Waals surface area contributed by atoms with E-state index in [4.69, 9.17) is 0 Å². The Morgan fingerprint density at radius 2 is 1.96 bits per heavy atom. The average molecular weight is 405 g/mol. The van der Waals surface area contributed by atoms with E-state index in [1.807, 2.05) is 0 Å². The Bertz CT molecular complexity index is 676. The number of oxime groups is 1. The van der Waals surface area contributed by atoms with Crippen molar-refractivity contribution >= 4 is 23.3 Å². The summed E-state index contributed by atoms with van der Waals surface area (Å²) in [5, 5.41) is 18.8. The van der Waals surface area contributed by atoms with Gasteiger partial charge in [0.2, 0.25) is 0 Å². The standard InChI is InChI=1S/C23H36N2O2S/c1-22-8-5-14(28-15-7-10-24-13-15)11-19(22)20(25-27)12-16-17-3-4-21(26)23(17,2)9-6-18(16)22/h14-19,24,27H,3-13H2,1-2H3/b25-20-/t14-,15?,16+,17+,18+,19?,22-,23+/m1/s1. The molecule has 1 saturated heterocycles. The molecule has 156 valence electrons. The van der Waals surface area contributed by atoms with E-state index in [0.717, 1.165) is 49.7 Å². The number of ketones is 1. The first-order valence-corrected chi connectivity index (χ1v) is 12.5. The minimum Gasteiger partial charge on any atom is -0.411 e. The third kappa shape index (κ3) is 2.82. The Labute approximate surface area is 173 Å². The normalized spacial score (nSPS) is 52.4. The maximum Gasteiger partial charge on any atom is 0.139 e. The quantitative estimate of drug-likeness (QED) is 0.525. The van der Waals surface area contributed by atoms with E-state index < -0.39 is 0 Å². The molecule has 0 bridgehead atoms. The van der Waals surface area contributed by atoms with Crippen LogP contribution in [0, 0.1) is 34.5 Å². The van der Waals surface area contributed by atoms with E-state index in [9.17, 15) is 10.0 Å². The first kappa shape index (κ1) is 19.4. The molecule has 0 radical (unpaired) electrons. The van der Waals surface area contributed by atoms with Gasteiger partial charge in [0.05, 0.1) is 5.71 Å². The van der Waals surface area contributed by atoms with Gasteiger partial charge in [-0.1, -0.05) is 19.0 Å². The molecule has 8 atom stereocenters. The maximum absolute atomic E-state index is 12.6. The molecule has 4 saturated carbocycles. The summed E-state index contributed by atoms with van der Waals surface area (Å²) in [4.78, 5) is 12.6. The summed E-state index contributed by atoms with van der Waals surface area (Å²) in [6.45, 7) is 7.05. The van der Waals surface area contributed by atoms with E-state index in [1.165, 1.54) is 32.1 Å². The molecule has 1 aliphatic heterocycles. The third-order valence-corrected chi connectivity index (χ3v) is 11.3. The van der Waals surface area contributed by atoms with Crippen molar-refractivity contribution in [2.45, 2.75) is 82.1 Å². The van der Waals surface area contributed by atoms with Gasteiger partial charge in [0.15, 0.2) is 0 Å². The highest BCUT2D eigenvalue weighted by Gasteiger charge is 2.61. The number of nitrogens with zero attached hydrogens (tertiary/aromatic N) is 1. The molecule has 0 aromatic heterocycles. The first-order valence-electron chi connectivity index (χ1n) is 11.6. The lowest BCUT2D eigenvalue weighted by molar-refractivity contribution is -0.133. The Kier molecular flexibility index (Phi) is 4.86. The fourth-order valence-electron chi connectivity index (χ4n) is 8.05. The van der Waals surface area contributed by atoms with Gasteiger partial charge in [0.25, 0.3) is 0 Å². The van der Waals surface area contributed by atoms with Crippen LogP contribution in [0.5, 0.6) is 0 Å².